The molecule has 2 N–H and O–H groups in total. The number of rotatable bonds is 7. The van der Waals surface area contributed by atoms with Gasteiger partial charge in [0.25, 0.3) is 5.56 Å². The van der Waals surface area contributed by atoms with Crippen molar-refractivity contribution in [1.29, 1.82) is 0 Å². The van der Waals surface area contributed by atoms with Gasteiger partial charge in [-0.05, 0) is 24.5 Å². The lowest BCUT2D eigenvalue weighted by Gasteiger charge is -2.10. The fourth-order valence-electron chi connectivity index (χ4n) is 2.52. The summed E-state index contributed by atoms with van der Waals surface area (Å²) in [5.74, 6) is 2.24. The van der Waals surface area contributed by atoms with Gasteiger partial charge in [-0.1, -0.05) is 43.8 Å². The highest BCUT2D eigenvalue weighted by Crippen LogP contribution is 2.24. The van der Waals surface area contributed by atoms with Crippen LogP contribution < -0.4 is 11.2 Å². The maximum atomic E-state index is 11.5. The molecule has 7 nitrogen and oxygen atoms in total. The van der Waals surface area contributed by atoms with E-state index in [2.05, 4.69) is 34.0 Å². The summed E-state index contributed by atoms with van der Waals surface area (Å²) in [7, 11) is 0. The van der Waals surface area contributed by atoms with Crippen LogP contribution in [-0.4, -0.2) is 30.5 Å². The zero-order valence-electron chi connectivity index (χ0n) is 14.7. The second-order valence-electron chi connectivity index (χ2n) is 6.39. The van der Waals surface area contributed by atoms with Crippen LogP contribution >= 0.6 is 11.8 Å². The third-order valence-corrected chi connectivity index (χ3v) is 4.77. The number of H-pyrrole nitrogens is 2. The predicted octanol–water partition coefficient (Wildman–Crippen LogP) is 2.37. The van der Waals surface area contributed by atoms with Crippen LogP contribution in [-0.2, 0) is 6.42 Å². The van der Waals surface area contributed by atoms with E-state index in [9.17, 15) is 9.59 Å². The topological polar surface area (TPSA) is 96.4 Å². The maximum Gasteiger partial charge on any atom is 0.325 e. The number of nitrogens with one attached hydrogen (secondary N) is 2. The van der Waals surface area contributed by atoms with Crippen LogP contribution in [0.3, 0.4) is 0 Å². The third kappa shape index (κ3) is 4.51. The minimum Gasteiger partial charge on any atom is -0.311 e. The molecular weight excluding hydrogens is 350 g/mol. The molecule has 2 aromatic heterocycles. The summed E-state index contributed by atoms with van der Waals surface area (Å²) in [5.41, 5.74) is 0.500. The Labute approximate surface area is 154 Å². The summed E-state index contributed by atoms with van der Waals surface area (Å²) in [4.78, 5) is 27.9. The van der Waals surface area contributed by atoms with Crippen molar-refractivity contribution in [3.63, 3.8) is 0 Å². The smallest absolute Gasteiger partial charge is 0.311 e. The molecule has 0 spiro atoms. The highest BCUT2D eigenvalue weighted by atomic mass is 32.2. The Hall–Kier alpha value is -2.61. The summed E-state index contributed by atoms with van der Waals surface area (Å²) < 4.78 is 1.98. The molecule has 0 aliphatic heterocycles. The monoisotopic (exact) mass is 371 g/mol. The minimum absolute atomic E-state index is 0.311. The number of benzene rings is 1. The van der Waals surface area contributed by atoms with Crippen molar-refractivity contribution in [3.05, 3.63) is 68.8 Å². The normalized spacial score (nSPS) is 11.2. The van der Waals surface area contributed by atoms with Gasteiger partial charge in [0.15, 0.2) is 5.16 Å². The molecule has 3 aromatic rings. The van der Waals surface area contributed by atoms with Gasteiger partial charge >= 0.3 is 5.69 Å². The first kappa shape index (κ1) is 18.2. The summed E-state index contributed by atoms with van der Waals surface area (Å²) in [6.07, 6.45) is 1.40. The molecule has 8 heteroatoms. The molecule has 0 aliphatic carbocycles. The lowest BCUT2D eigenvalue weighted by Crippen LogP contribution is -2.23. The zero-order chi connectivity index (χ0) is 18.5. The molecule has 0 atom stereocenters. The quantitative estimate of drug-likeness (QED) is 0.622. The molecular formula is C18H21N5O2S. The van der Waals surface area contributed by atoms with E-state index in [0.717, 1.165) is 23.0 Å². The summed E-state index contributed by atoms with van der Waals surface area (Å²) in [6.45, 7) is 4.38. The van der Waals surface area contributed by atoms with E-state index in [1.807, 2.05) is 34.9 Å². The SMILES string of the molecule is CC(C)CCSc1nnc(Cc2cc(=O)[nH]c(=O)[nH]2)n1-c1ccccc1. The summed E-state index contributed by atoms with van der Waals surface area (Å²) in [5, 5.41) is 9.44. The van der Waals surface area contributed by atoms with Crippen molar-refractivity contribution < 1.29 is 0 Å². The predicted molar refractivity (Wildman–Crippen MR) is 102 cm³/mol. The van der Waals surface area contributed by atoms with Crippen LogP contribution in [0.4, 0.5) is 0 Å². The van der Waals surface area contributed by atoms with Gasteiger partial charge in [0.05, 0.1) is 0 Å². The van der Waals surface area contributed by atoms with Gasteiger partial charge in [0, 0.05) is 29.6 Å². The first-order valence-corrected chi connectivity index (χ1v) is 9.46. The van der Waals surface area contributed by atoms with Crippen molar-refractivity contribution in [2.24, 2.45) is 5.92 Å². The molecule has 2 heterocycles. The van der Waals surface area contributed by atoms with E-state index in [-0.39, 0.29) is 0 Å². The molecule has 1 aromatic carbocycles. The van der Waals surface area contributed by atoms with Gasteiger partial charge in [0.2, 0.25) is 0 Å². The van der Waals surface area contributed by atoms with Crippen molar-refractivity contribution in [2.75, 3.05) is 5.75 Å². The average molecular weight is 371 g/mol. The van der Waals surface area contributed by atoms with Crippen LogP contribution in [0.5, 0.6) is 0 Å². The molecule has 0 amide bonds. The zero-order valence-corrected chi connectivity index (χ0v) is 15.5. The van der Waals surface area contributed by atoms with Crippen molar-refractivity contribution in [3.8, 4) is 5.69 Å². The van der Waals surface area contributed by atoms with E-state index in [1.165, 1.54) is 6.07 Å². The summed E-state index contributed by atoms with van der Waals surface area (Å²) in [6, 6.07) is 11.2. The molecule has 0 radical (unpaired) electrons. The Morgan fingerprint density at radius 3 is 2.58 bits per heavy atom. The second kappa shape index (κ2) is 8.18. The van der Waals surface area contributed by atoms with E-state index >= 15 is 0 Å². The van der Waals surface area contributed by atoms with E-state index in [4.69, 9.17) is 0 Å². The number of hydrogen-bond donors (Lipinski definition) is 2. The van der Waals surface area contributed by atoms with Crippen LogP contribution in [0.1, 0.15) is 31.8 Å². The van der Waals surface area contributed by atoms with Crippen molar-refractivity contribution in [1.82, 2.24) is 24.7 Å². The van der Waals surface area contributed by atoms with Gasteiger partial charge in [-0.3, -0.25) is 14.3 Å². The Bertz CT molecular complexity index is 947. The fourth-order valence-corrected chi connectivity index (χ4v) is 3.73. The number of hydrogen-bond acceptors (Lipinski definition) is 5. The number of thioether (sulfide) groups is 1. The maximum absolute atomic E-state index is 11.5. The van der Waals surface area contributed by atoms with E-state index in [1.54, 1.807) is 11.8 Å². The Balaban J connectivity index is 1.95. The van der Waals surface area contributed by atoms with Gasteiger partial charge < -0.3 is 4.98 Å². The van der Waals surface area contributed by atoms with Gasteiger partial charge in [-0.25, -0.2) is 4.79 Å². The Morgan fingerprint density at radius 2 is 1.88 bits per heavy atom. The minimum atomic E-state index is -0.523. The molecule has 0 aliphatic rings. The lowest BCUT2D eigenvalue weighted by atomic mass is 10.2. The van der Waals surface area contributed by atoms with Crippen LogP contribution in [0.15, 0.2) is 51.1 Å². The Kier molecular flexibility index (Phi) is 5.72. The lowest BCUT2D eigenvalue weighted by molar-refractivity contribution is 0.631. The fraction of sp³-hybridized carbons (Fsp3) is 0.333. The number of aromatic amines is 2. The van der Waals surface area contributed by atoms with Crippen molar-refractivity contribution in [2.45, 2.75) is 31.8 Å². The number of aromatic nitrogens is 5. The highest BCUT2D eigenvalue weighted by molar-refractivity contribution is 7.99. The molecule has 136 valence electrons. The average Bonchev–Trinajstić information content (AvgIpc) is 2.97. The molecule has 0 unspecified atom stereocenters. The van der Waals surface area contributed by atoms with Crippen LogP contribution in [0, 0.1) is 5.92 Å². The van der Waals surface area contributed by atoms with E-state index in [0.29, 0.717) is 23.9 Å². The first-order chi connectivity index (χ1) is 12.5. The molecule has 26 heavy (non-hydrogen) atoms. The number of para-hydroxylation sites is 1. The third-order valence-electron chi connectivity index (χ3n) is 3.81. The molecule has 0 saturated carbocycles. The van der Waals surface area contributed by atoms with Crippen LogP contribution in [0.25, 0.3) is 5.69 Å². The summed E-state index contributed by atoms with van der Waals surface area (Å²) >= 11 is 1.66. The van der Waals surface area contributed by atoms with Gasteiger partial charge in [0.1, 0.15) is 5.82 Å². The molecule has 0 fully saturated rings. The Morgan fingerprint density at radius 1 is 1.12 bits per heavy atom. The second-order valence-corrected chi connectivity index (χ2v) is 7.45. The first-order valence-electron chi connectivity index (χ1n) is 8.48. The van der Waals surface area contributed by atoms with E-state index < -0.39 is 11.2 Å². The molecule has 0 bridgehead atoms. The molecule has 3 rings (SSSR count). The van der Waals surface area contributed by atoms with Gasteiger partial charge in [-0.2, -0.15) is 0 Å². The highest BCUT2D eigenvalue weighted by Gasteiger charge is 2.15. The largest absolute Gasteiger partial charge is 0.325 e. The van der Waals surface area contributed by atoms with Crippen LogP contribution in [0.2, 0.25) is 0 Å². The molecule has 0 saturated heterocycles. The number of nitrogens with zero attached hydrogens (tertiary/aromatic N) is 3. The van der Waals surface area contributed by atoms with Gasteiger partial charge in [-0.15, -0.1) is 10.2 Å². The van der Waals surface area contributed by atoms with Crippen molar-refractivity contribution >= 4 is 11.8 Å². The standard InChI is InChI=1S/C18H21N5O2S/c1-12(2)8-9-26-18-22-21-15(23(18)14-6-4-3-5-7-14)10-13-11-16(24)20-17(25)19-13/h3-7,11-12H,8-10H2,1-2H3,(H2,19,20,24,25).